The van der Waals surface area contributed by atoms with Crippen molar-refractivity contribution in [3.8, 4) is 11.5 Å². The number of halogens is 2. The zero-order valence-corrected chi connectivity index (χ0v) is 22.9. The van der Waals surface area contributed by atoms with Gasteiger partial charge in [-0.05, 0) is 69.7 Å². The Labute approximate surface area is 232 Å². The Kier molecular flexibility index (Phi) is 8.72. The number of rotatable bonds is 10. The van der Waals surface area contributed by atoms with Gasteiger partial charge in [0.05, 0.1) is 30.4 Å². The molecule has 0 aromatic heterocycles. The van der Waals surface area contributed by atoms with E-state index in [2.05, 4.69) is 4.90 Å². The van der Waals surface area contributed by atoms with Crippen LogP contribution in [0.4, 0.5) is 20.2 Å². The van der Waals surface area contributed by atoms with Gasteiger partial charge in [-0.25, -0.2) is 8.78 Å². The summed E-state index contributed by atoms with van der Waals surface area (Å²) in [5.41, 5.74) is 1.41. The summed E-state index contributed by atoms with van der Waals surface area (Å²) in [6.07, 6.45) is 0. The number of aliphatic hydroxyl groups is 1. The second-order valence-electron chi connectivity index (χ2n) is 9.06. The van der Waals surface area contributed by atoms with Crippen molar-refractivity contribution >= 4 is 28.8 Å². The Morgan fingerprint density at radius 2 is 1.55 bits per heavy atom. The molecule has 40 heavy (non-hydrogen) atoms. The largest absolute Gasteiger partial charge is 0.507 e. The highest BCUT2D eigenvalue weighted by Gasteiger charge is 2.47. The van der Waals surface area contributed by atoms with Crippen molar-refractivity contribution in [3.63, 3.8) is 0 Å². The Balaban J connectivity index is 1.93. The van der Waals surface area contributed by atoms with E-state index in [-0.39, 0.29) is 29.2 Å². The van der Waals surface area contributed by atoms with Crippen LogP contribution in [0.2, 0.25) is 0 Å². The number of Topliss-reactive ketones (excluding diaryl/α,β-unsaturated/α-hetero) is 1. The fourth-order valence-electron chi connectivity index (χ4n) is 4.88. The van der Waals surface area contributed by atoms with Crippen LogP contribution in [0.5, 0.6) is 11.5 Å². The summed E-state index contributed by atoms with van der Waals surface area (Å²) in [7, 11) is 0. The van der Waals surface area contributed by atoms with E-state index < -0.39 is 35.1 Å². The molecule has 1 aliphatic rings. The first kappa shape index (κ1) is 28.6. The summed E-state index contributed by atoms with van der Waals surface area (Å²) in [5, 5.41) is 11.6. The third-order valence-electron chi connectivity index (χ3n) is 6.78. The average Bonchev–Trinajstić information content (AvgIpc) is 3.21. The number of anilines is 2. The van der Waals surface area contributed by atoms with Crippen molar-refractivity contribution < 1.29 is 33.0 Å². The topological polar surface area (TPSA) is 79.3 Å². The highest BCUT2D eigenvalue weighted by atomic mass is 19.2. The maximum absolute atomic E-state index is 14.3. The molecule has 1 amide bonds. The van der Waals surface area contributed by atoms with Gasteiger partial charge in [0, 0.05) is 36.6 Å². The summed E-state index contributed by atoms with van der Waals surface area (Å²) in [6, 6.07) is 13.9. The highest BCUT2D eigenvalue weighted by Crippen LogP contribution is 2.44. The van der Waals surface area contributed by atoms with Gasteiger partial charge >= 0.3 is 0 Å². The van der Waals surface area contributed by atoms with E-state index >= 15 is 0 Å². The molecule has 7 nitrogen and oxygen atoms in total. The Morgan fingerprint density at radius 3 is 2.15 bits per heavy atom. The maximum Gasteiger partial charge on any atom is 0.300 e. The van der Waals surface area contributed by atoms with E-state index in [0.717, 1.165) is 35.8 Å². The Morgan fingerprint density at radius 1 is 0.875 bits per heavy atom. The highest BCUT2D eigenvalue weighted by molar-refractivity contribution is 6.51. The Hall–Kier alpha value is -4.40. The fraction of sp³-hybridized carbons (Fsp3) is 0.290. The molecule has 210 valence electrons. The molecule has 1 unspecified atom stereocenters. The number of benzene rings is 3. The molecule has 4 rings (SSSR count). The number of hydrogen-bond acceptors (Lipinski definition) is 6. The summed E-state index contributed by atoms with van der Waals surface area (Å²) < 4.78 is 39.3. The number of carbonyl (C=O) groups excluding carboxylic acids is 2. The molecule has 0 spiro atoms. The van der Waals surface area contributed by atoms with Gasteiger partial charge in [-0.2, -0.15) is 0 Å². The van der Waals surface area contributed by atoms with Crippen LogP contribution in [0.15, 0.2) is 66.2 Å². The molecule has 3 aromatic carbocycles. The van der Waals surface area contributed by atoms with Gasteiger partial charge < -0.3 is 19.5 Å². The second-order valence-corrected chi connectivity index (χ2v) is 9.06. The lowest BCUT2D eigenvalue weighted by molar-refractivity contribution is -0.132. The molecule has 0 radical (unpaired) electrons. The maximum atomic E-state index is 14.3. The van der Waals surface area contributed by atoms with Crippen molar-refractivity contribution in [1.82, 2.24) is 0 Å². The molecule has 1 atom stereocenters. The molecule has 1 N–H and O–H groups in total. The van der Waals surface area contributed by atoms with Gasteiger partial charge in [-0.1, -0.05) is 12.1 Å². The van der Waals surface area contributed by atoms with E-state index in [1.54, 1.807) is 37.3 Å². The molecular weight excluding hydrogens is 518 g/mol. The quantitative estimate of drug-likeness (QED) is 0.183. The first-order valence-electron chi connectivity index (χ1n) is 13.3. The summed E-state index contributed by atoms with van der Waals surface area (Å²) in [5.74, 6) is -3.87. The monoisotopic (exact) mass is 550 g/mol. The molecule has 1 saturated heterocycles. The molecular formula is C31H32F2N2O5. The summed E-state index contributed by atoms with van der Waals surface area (Å²) in [6.45, 7) is 9.91. The van der Waals surface area contributed by atoms with Crippen LogP contribution in [0.3, 0.4) is 0 Å². The average molecular weight is 551 g/mol. The van der Waals surface area contributed by atoms with Gasteiger partial charge in [0.15, 0.2) is 11.6 Å². The van der Waals surface area contributed by atoms with E-state index in [1.165, 1.54) is 6.07 Å². The second kappa shape index (κ2) is 12.2. The van der Waals surface area contributed by atoms with Crippen molar-refractivity contribution in [2.75, 3.05) is 36.1 Å². The lowest BCUT2D eigenvalue weighted by Gasteiger charge is -2.27. The Bertz CT molecular complexity index is 1430. The number of hydrogen-bond donors (Lipinski definition) is 1. The zero-order valence-electron chi connectivity index (χ0n) is 22.9. The minimum absolute atomic E-state index is 0.0189. The molecule has 3 aromatic rings. The van der Waals surface area contributed by atoms with Gasteiger partial charge in [0.2, 0.25) is 0 Å². The van der Waals surface area contributed by atoms with Crippen LogP contribution in [-0.4, -0.2) is 43.1 Å². The van der Waals surface area contributed by atoms with Crippen LogP contribution in [0.25, 0.3) is 5.76 Å². The van der Waals surface area contributed by atoms with Crippen LogP contribution in [0, 0.1) is 11.6 Å². The normalized spacial score (nSPS) is 16.4. The summed E-state index contributed by atoms with van der Waals surface area (Å²) >= 11 is 0. The van der Waals surface area contributed by atoms with Crippen LogP contribution in [0.1, 0.15) is 44.9 Å². The van der Waals surface area contributed by atoms with E-state index in [1.807, 2.05) is 32.9 Å². The third-order valence-corrected chi connectivity index (χ3v) is 6.78. The number of aliphatic hydroxyl groups excluding tert-OH is 1. The molecule has 9 heteroatoms. The minimum atomic E-state index is -1.17. The first-order chi connectivity index (χ1) is 19.2. The zero-order chi connectivity index (χ0) is 29.0. The predicted molar refractivity (Wildman–Crippen MR) is 150 cm³/mol. The van der Waals surface area contributed by atoms with Gasteiger partial charge in [-0.15, -0.1) is 0 Å². The van der Waals surface area contributed by atoms with Gasteiger partial charge in [0.25, 0.3) is 11.7 Å². The van der Waals surface area contributed by atoms with E-state index in [4.69, 9.17) is 9.47 Å². The number of ether oxygens (including phenoxy) is 2. The number of nitrogens with zero attached hydrogens (tertiary/aromatic N) is 2. The smallest absolute Gasteiger partial charge is 0.300 e. The SMILES string of the molecule is CCOc1ccc(/C(O)=C2/C(=O)C(=O)N(c3ccc(F)c(F)c3)C2c2ccc(N(CC)CC)cc2)c(OCC)c1. The van der Waals surface area contributed by atoms with E-state index in [9.17, 15) is 23.5 Å². The van der Waals surface area contributed by atoms with Gasteiger partial charge in [-0.3, -0.25) is 14.5 Å². The molecule has 1 aliphatic heterocycles. The van der Waals surface area contributed by atoms with Crippen LogP contribution in [-0.2, 0) is 9.59 Å². The van der Waals surface area contributed by atoms with E-state index in [0.29, 0.717) is 17.9 Å². The molecule has 0 bridgehead atoms. The minimum Gasteiger partial charge on any atom is -0.507 e. The lowest BCUT2D eigenvalue weighted by Crippen LogP contribution is -2.29. The van der Waals surface area contributed by atoms with Crippen molar-refractivity contribution in [3.05, 3.63) is 89.0 Å². The molecule has 0 aliphatic carbocycles. The number of ketones is 1. The number of carbonyl (C=O) groups is 2. The standard InChI is InChI=1S/C31H32F2N2O5/c1-5-34(6-2)20-11-9-19(10-12-20)28-27(29(36)23-15-14-22(39-7-3)18-26(23)40-8-4)30(37)31(38)35(28)21-13-16-24(32)25(33)17-21/h9-18,28,36H,5-8H2,1-4H3/b29-27-. The third kappa shape index (κ3) is 5.36. The molecule has 1 fully saturated rings. The van der Waals surface area contributed by atoms with Crippen molar-refractivity contribution in [1.29, 1.82) is 0 Å². The molecule has 0 saturated carbocycles. The van der Waals surface area contributed by atoms with Gasteiger partial charge in [0.1, 0.15) is 17.3 Å². The predicted octanol–water partition coefficient (Wildman–Crippen LogP) is 6.23. The molecule has 1 heterocycles. The first-order valence-corrected chi connectivity index (χ1v) is 13.3. The van der Waals surface area contributed by atoms with Crippen LogP contribution >= 0.6 is 0 Å². The number of amides is 1. The van der Waals surface area contributed by atoms with Crippen LogP contribution < -0.4 is 19.3 Å². The lowest BCUT2D eigenvalue weighted by atomic mass is 9.94. The van der Waals surface area contributed by atoms with Crippen molar-refractivity contribution in [2.45, 2.75) is 33.7 Å². The fourth-order valence-corrected chi connectivity index (χ4v) is 4.88. The summed E-state index contributed by atoms with van der Waals surface area (Å²) in [4.78, 5) is 30.1. The van der Waals surface area contributed by atoms with Crippen molar-refractivity contribution in [2.24, 2.45) is 0 Å².